The number of carbonyl (C=O) groups is 3. The van der Waals surface area contributed by atoms with Gasteiger partial charge in [0.1, 0.15) is 22.1 Å². The summed E-state index contributed by atoms with van der Waals surface area (Å²) in [5.74, 6) is -3.07. The molecule has 1 amide bonds. The smallest absolute Gasteiger partial charge is 0.314 e. The summed E-state index contributed by atoms with van der Waals surface area (Å²) in [4.78, 5) is 37.6. The molecule has 0 aliphatic carbocycles. The maximum atomic E-state index is 12.6. The number of nitrogens with two attached hydrogens (primary N) is 1. The van der Waals surface area contributed by atoms with Gasteiger partial charge in [-0.25, -0.2) is 4.21 Å². The summed E-state index contributed by atoms with van der Waals surface area (Å²) in [5, 5.41) is 7.58. The number of β-lactam (4-membered cyclic amide) rings is 1. The molecule has 0 aromatic carbocycles. The Hall–Kier alpha value is -1.69. The first kappa shape index (κ1) is 17.1. The molecule has 0 radical (unpaired) electrons. The summed E-state index contributed by atoms with van der Waals surface area (Å²) in [6.07, 6.45) is 1.21. The van der Waals surface area contributed by atoms with Gasteiger partial charge in [-0.05, 0) is 12.1 Å². The van der Waals surface area contributed by atoms with Crippen molar-refractivity contribution >= 4 is 40.5 Å². The summed E-state index contributed by atoms with van der Waals surface area (Å²) in [7, 11) is 0. The van der Waals surface area contributed by atoms with Gasteiger partial charge in [-0.3, -0.25) is 14.4 Å². The number of furan rings is 1. The van der Waals surface area contributed by atoms with Crippen molar-refractivity contribution in [2.45, 2.75) is 16.7 Å². The van der Waals surface area contributed by atoms with E-state index in [0.29, 0.717) is 0 Å². The zero-order chi connectivity index (χ0) is 17.6. The Morgan fingerprint density at radius 2 is 2.25 bits per heavy atom. The number of aliphatic carboxylic acids is 1. The molecule has 2 fully saturated rings. The lowest BCUT2D eigenvalue weighted by molar-refractivity contribution is -0.156. The predicted molar refractivity (Wildman–Crippen MR) is 83.6 cm³/mol. The second-order valence-electron chi connectivity index (χ2n) is 5.65. The summed E-state index contributed by atoms with van der Waals surface area (Å²) in [5.41, 5.74) is 3.76. The maximum Gasteiger partial charge on any atom is 0.314 e. The van der Waals surface area contributed by atoms with Crippen LogP contribution in [0.2, 0.25) is 0 Å². The summed E-state index contributed by atoms with van der Waals surface area (Å²) in [6, 6.07) is 1.99. The van der Waals surface area contributed by atoms with Crippen LogP contribution in [0.3, 0.4) is 0 Å². The molecule has 4 N–H and O–H groups in total. The molecule has 0 saturated carbocycles. The number of carboxylic acid groups (broad SMARTS) is 1. The van der Waals surface area contributed by atoms with Crippen LogP contribution in [-0.2, 0) is 20.7 Å². The Morgan fingerprint density at radius 3 is 2.79 bits per heavy atom. The second kappa shape index (κ2) is 5.99. The van der Waals surface area contributed by atoms with E-state index in [1.54, 1.807) is 0 Å². The van der Waals surface area contributed by atoms with Crippen molar-refractivity contribution in [2.75, 3.05) is 12.3 Å². The Kier molecular flexibility index (Phi) is 4.28. The molecule has 2 aliphatic heterocycles. The van der Waals surface area contributed by atoms with Gasteiger partial charge in [-0.15, -0.1) is 11.8 Å². The second-order valence-corrected chi connectivity index (χ2v) is 7.78. The standard InChI is InChI=1S/C13H14N2O7S2/c14-7-10(17)15-4-13(12(18)19,5-23-11(7)15)9(24(20)21)8(16)6-2-1-3-22-6/h1-3,7,9,11H,4-5,14H2,(H,18,19)(H,20,21)/t7?,9?,11-,13?/m1/s1. The van der Waals surface area contributed by atoms with Gasteiger partial charge in [-0.2, -0.15) is 0 Å². The van der Waals surface area contributed by atoms with E-state index in [2.05, 4.69) is 0 Å². The summed E-state index contributed by atoms with van der Waals surface area (Å²) < 4.78 is 26.4. The minimum absolute atomic E-state index is 0.117. The minimum Gasteiger partial charge on any atom is -0.481 e. The molecular weight excluding hydrogens is 360 g/mol. The molecule has 11 heteroatoms. The molecule has 0 spiro atoms. The van der Waals surface area contributed by atoms with Crippen LogP contribution in [0.1, 0.15) is 10.6 Å². The van der Waals surface area contributed by atoms with Crippen molar-refractivity contribution in [1.29, 1.82) is 0 Å². The van der Waals surface area contributed by atoms with E-state index >= 15 is 0 Å². The number of thioether (sulfide) groups is 1. The van der Waals surface area contributed by atoms with Gasteiger partial charge < -0.3 is 24.7 Å². The van der Waals surface area contributed by atoms with Gasteiger partial charge in [0.25, 0.3) is 0 Å². The van der Waals surface area contributed by atoms with E-state index in [0.717, 1.165) is 11.8 Å². The molecule has 0 bridgehead atoms. The topological polar surface area (TPSA) is 151 Å². The number of rotatable bonds is 5. The molecule has 3 heterocycles. The van der Waals surface area contributed by atoms with E-state index in [4.69, 9.17) is 10.2 Å². The molecule has 5 atom stereocenters. The van der Waals surface area contributed by atoms with Crippen LogP contribution in [0.4, 0.5) is 0 Å². The highest BCUT2D eigenvalue weighted by Crippen LogP contribution is 2.45. The Balaban J connectivity index is 1.99. The van der Waals surface area contributed by atoms with Crippen LogP contribution in [0, 0.1) is 5.41 Å². The number of carbonyl (C=O) groups excluding carboxylic acids is 2. The van der Waals surface area contributed by atoms with Crippen LogP contribution in [0.5, 0.6) is 0 Å². The Labute approximate surface area is 142 Å². The van der Waals surface area contributed by atoms with E-state index in [1.165, 1.54) is 23.3 Å². The van der Waals surface area contributed by atoms with E-state index in [-0.39, 0.29) is 23.4 Å². The van der Waals surface area contributed by atoms with Gasteiger partial charge in [-0.1, -0.05) is 0 Å². The molecule has 130 valence electrons. The monoisotopic (exact) mass is 374 g/mol. The van der Waals surface area contributed by atoms with Gasteiger partial charge >= 0.3 is 5.97 Å². The predicted octanol–water partition coefficient (Wildman–Crippen LogP) is -0.634. The van der Waals surface area contributed by atoms with Gasteiger partial charge in [0.2, 0.25) is 11.7 Å². The third kappa shape index (κ3) is 2.39. The number of amides is 1. The lowest BCUT2D eigenvalue weighted by Crippen LogP contribution is -2.74. The fourth-order valence-corrected chi connectivity index (χ4v) is 5.56. The number of hydrogen-bond acceptors (Lipinski definition) is 7. The molecule has 3 rings (SSSR count). The van der Waals surface area contributed by atoms with Crippen LogP contribution in [0.15, 0.2) is 22.8 Å². The molecule has 9 nitrogen and oxygen atoms in total. The molecule has 2 aliphatic rings. The Bertz CT molecular complexity index is 722. The number of fused-ring (bicyclic) bond motifs is 1. The third-order valence-electron chi connectivity index (χ3n) is 4.28. The molecule has 1 aromatic heterocycles. The zero-order valence-electron chi connectivity index (χ0n) is 12.2. The van der Waals surface area contributed by atoms with Crippen molar-refractivity contribution in [3.8, 4) is 0 Å². The fraction of sp³-hybridized carbons (Fsp3) is 0.462. The molecule has 1 aromatic rings. The molecule has 24 heavy (non-hydrogen) atoms. The Morgan fingerprint density at radius 1 is 1.54 bits per heavy atom. The first-order chi connectivity index (χ1) is 11.3. The number of nitrogens with zero attached hydrogens (tertiary/aromatic N) is 1. The van der Waals surface area contributed by atoms with Gasteiger partial charge in [0.05, 0.1) is 6.26 Å². The van der Waals surface area contributed by atoms with Crippen LogP contribution in [0.25, 0.3) is 0 Å². The highest BCUT2D eigenvalue weighted by atomic mass is 32.2. The first-order valence-electron chi connectivity index (χ1n) is 6.88. The van der Waals surface area contributed by atoms with E-state index in [1.807, 2.05) is 0 Å². The zero-order valence-corrected chi connectivity index (χ0v) is 13.8. The molecular formula is C13H14N2O7S2. The normalized spacial score (nSPS) is 31.8. The minimum atomic E-state index is -2.77. The first-order valence-corrected chi connectivity index (χ1v) is 9.10. The van der Waals surface area contributed by atoms with Crippen molar-refractivity contribution in [2.24, 2.45) is 11.1 Å². The van der Waals surface area contributed by atoms with Crippen molar-refractivity contribution in [3.05, 3.63) is 24.2 Å². The van der Waals surface area contributed by atoms with Crippen molar-refractivity contribution in [3.63, 3.8) is 0 Å². The molecule has 4 unspecified atom stereocenters. The van der Waals surface area contributed by atoms with E-state index in [9.17, 15) is 28.3 Å². The number of hydrogen-bond donors (Lipinski definition) is 3. The number of carboxylic acids is 1. The van der Waals surface area contributed by atoms with Crippen LogP contribution in [-0.4, -0.2) is 65.4 Å². The summed E-state index contributed by atoms with van der Waals surface area (Å²) >= 11 is -1.68. The highest BCUT2D eigenvalue weighted by molar-refractivity contribution is 8.00. The van der Waals surface area contributed by atoms with Crippen molar-refractivity contribution < 1.29 is 32.7 Å². The van der Waals surface area contributed by atoms with Gasteiger partial charge in [0.15, 0.2) is 16.8 Å². The fourth-order valence-electron chi connectivity index (χ4n) is 2.98. The summed E-state index contributed by atoms with van der Waals surface area (Å²) in [6.45, 7) is -0.351. The van der Waals surface area contributed by atoms with E-state index < -0.39 is 45.4 Å². The largest absolute Gasteiger partial charge is 0.481 e. The quantitative estimate of drug-likeness (QED) is 0.347. The third-order valence-corrected chi connectivity index (χ3v) is 6.92. The SMILES string of the molecule is NC1C(=O)N2CC(C(=O)O)(C(C(=O)c3ccco3)S(=O)O)CS[C@H]12. The molecule has 2 saturated heterocycles. The lowest BCUT2D eigenvalue weighted by atomic mass is 9.81. The van der Waals surface area contributed by atoms with Crippen molar-refractivity contribution in [1.82, 2.24) is 4.90 Å². The lowest BCUT2D eigenvalue weighted by Gasteiger charge is -2.53. The number of Topliss-reactive ketones (excluding diaryl/α,β-unsaturated/α-hetero) is 1. The average molecular weight is 374 g/mol. The van der Waals surface area contributed by atoms with Crippen LogP contribution >= 0.6 is 11.8 Å². The average Bonchev–Trinajstić information content (AvgIpc) is 3.08. The van der Waals surface area contributed by atoms with Gasteiger partial charge in [0, 0.05) is 12.3 Å². The highest BCUT2D eigenvalue weighted by Gasteiger charge is 2.62. The number of ketones is 1. The van der Waals surface area contributed by atoms with Crippen LogP contribution < -0.4 is 5.73 Å². The maximum absolute atomic E-state index is 12.6.